The fourth-order valence-corrected chi connectivity index (χ4v) is 1.87. The van der Waals surface area contributed by atoms with Crippen molar-refractivity contribution in [2.75, 3.05) is 11.9 Å². The summed E-state index contributed by atoms with van der Waals surface area (Å²) in [5.74, 6) is -0.943. The van der Waals surface area contributed by atoms with Crippen LogP contribution < -0.4 is 5.32 Å². The minimum Gasteiger partial charge on any atom is -0.478 e. The normalized spacial score (nSPS) is 11.3. The second-order valence-electron chi connectivity index (χ2n) is 3.31. The minimum absolute atomic E-state index is 0.452. The highest BCUT2D eigenvalue weighted by Crippen LogP contribution is 2.25. The standard InChI is InChI=1S/C11H11BrClNO2/c1-7(4-11(15)16)6-14-10-3-2-8(12)5-9(10)13/h2-5,14H,6H2,1H3,(H,15,16)/b7-4-. The van der Waals surface area contributed by atoms with Crippen LogP contribution in [0.2, 0.25) is 5.02 Å². The maximum atomic E-state index is 10.4. The molecule has 3 nitrogen and oxygen atoms in total. The van der Waals surface area contributed by atoms with Crippen molar-refractivity contribution in [1.29, 1.82) is 0 Å². The third kappa shape index (κ3) is 4.24. The molecule has 1 rings (SSSR count). The molecule has 0 saturated carbocycles. The molecular formula is C11H11BrClNO2. The van der Waals surface area contributed by atoms with Gasteiger partial charge in [-0.3, -0.25) is 0 Å². The zero-order valence-electron chi connectivity index (χ0n) is 8.63. The molecule has 16 heavy (non-hydrogen) atoms. The van der Waals surface area contributed by atoms with E-state index in [9.17, 15) is 4.79 Å². The Hall–Kier alpha value is -1.000. The molecule has 86 valence electrons. The molecule has 0 bridgehead atoms. The van der Waals surface area contributed by atoms with E-state index in [1.54, 1.807) is 13.0 Å². The summed E-state index contributed by atoms with van der Waals surface area (Å²) in [6, 6.07) is 5.48. The summed E-state index contributed by atoms with van der Waals surface area (Å²) in [4.78, 5) is 10.4. The topological polar surface area (TPSA) is 49.3 Å². The second kappa shape index (κ2) is 5.92. The second-order valence-corrected chi connectivity index (χ2v) is 4.63. The zero-order chi connectivity index (χ0) is 12.1. The molecule has 1 aromatic carbocycles. The van der Waals surface area contributed by atoms with Crippen LogP contribution in [0.25, 0.3) is 0 Å². The molecule has 0 radical (unpaired) electrons. The van der Waals surface area contributed by atoms with Gasteiger partial charge in [-0.2, -0.15) is 0 Å². The van der Waals surface area contributed by atoms with Crippen molar-refractivity contribution in [2.45, 2.75) is 6.92 Å². The van der Waals surface area contributed by atoms with E-state index in [1.807, 2.05) is 12.1 Å². The van der Waals surface area contributed by atoms with Crippen LogP contribution in [0.15, 0.2) is 34.3 Å². The molecule has 0 spiro atoms. The van der Waals surface area contributed by atoms with Crippen molar-refractivity contribution in [1.82, 2.24) is 0 Å². The first-order valence-corrected chi connectivity index (χ1v) is 5.75. The van der Waals surface area contributed by atoms with Gasteiger partial charge in [0.05, 0.1) is 10.7 Å². The van der Waals surface area contributed by atoms with Crippen LogP contribution in [0.5, 0.6) is 0 Å². The van der Waals surface area contributed by atoms with Gasteiger partial charge in [0.1, 0.15) is 0 Å². The Kier molecular flexibility index (Phi) is 4.83. The lowest BCUT2D eigenvalue weighted by molar-refractivity contribution is -0.131. The van der Waals surface area contributed by atoms with Gasteiger partial charge in [0.25, 0.3) is 0 Å². The molecule has 2 N–H and O–H groups in total. The predicted molar refractivity (Wildman–Crippen MR) is 69.0 cm³/mol. The molecule has 5 heteroatoms. The van der Waals surface area contributed by atoms with Crippen LogP contribution in [0.1, 0.15) is 6.92 Å². The van der Waals surface area contributed by atoms with E-state index in [2.05, 4.69) is 21.2 Å². The average Bonchev–Trinajstić information content (AvgIpc) is 2.15. The SMILES string of the molecule is C/C(=C/C(=O)O)CNc1ccc(Br)cc1Cl. The van der Waals surface area contributed by atoms with Crippen molar-refractivity contribution in [2.24, 2.45) is 0 Å². The van der Waals surface area contributed by atoms with Crippen molar-refractivity contribution < 1.29 is 9.90 Å². The van der Waals surface area contributed by atoms with Gasteiger partial charge in [0.2, 0.25) is 0 Å². The predicted octanol–water partition coefficient (Wildman–Crippen LogP) is 3.55. The lowest BCUT2D eigenvalue weighted by atomic mass is 10.2. The summed E-state index contributed by atoms with van der Waals surface area (Å²) >= 11 is 9.30. The first-order valence-electron chi connectivity index (χ1n) is 4.58. The number of carboxylic acid groups (broad SMARTS) is 1. The van der Waals surface area contributed by atoms with Gasteiger partial charge in [-0.15, -0.1) is 0 Å². The lowest BCUT2D eigenvalue weighted by Crippen LogP contribution is -2.04. The summed E-state index contributed by atoms with van der Waals surface area (Å²) in [5.41, 5.74) is 1.51. The molecule has 0 unspecified atom stereocenters. The largest absolute Gasteiger partial charge is 0.478 e. The Balaban J connectivity index is 2.65. The van der Waals surface area contributed by atoms with Crippen LogP contribution in [-0.2, 0) is 4.79 Å². The highest BCUT2D eigenvalue weighted by atomic mass is 79.9. The zero-order valence-corrected chi connectivity index (χ0v) is 11.0. The molecule has 0 heterocycles. The number of halogens is 2. The molecule has 1 aromatic rings. The molecular weight excluding hydrogens is 293 g/mol. The molecule has 0 atom stereocenters. The number of anilines is 1. The van der Waals surface area contributed by atoms with Crippen LogP contribution in [0.4, 0.5) is 5.69 Å². The number of carbonyl (C=O) groups is 1. The summed E-state index contributed by atoms with van der Waals surface area (Å²) in [7, 11) is 0. The van der Waals surface area contributed by atoms with Gasteiger partial charge in [0.15, 0.2) is 0 Å². The number of nitrogens with one attached hydrogen (secondary N) is 1. The summed E-state index contributed by atoms with van der Waals surface area (Å²) in [6.45, 7) is 2.20. The van der Waals surface area contributed by atoms with Crippen molar-refractivity contribution in [3.8, 4) is 0 Å². The molecule has 0 aliphatic rings. The first-order chi connectivity index (χ1) is 7.49. The molecule has 0 amide bonds. The minimum atomic E-state index is -0.943. The van der Waals surface area contributed by atoms with E-state index >= 15 is 0 Å². The number of rotatable bonds is 4. The summed E-state index contributed by atoms with van der Waals surface area (Å²) in [6.07, 6.45) is 1.17. The van der Waals surface area contributed by atoms with Crippen LogP contribution in [-0.4, -0.2) is 17.6 Å². The van der Waals surface area contributed by atoms with E-state index in [0.29, 0.717) is 11.6 Å². The molecule has 0 aromatic heterocycles. The van der Waals surface area contributed by atoms with Crippen LogP contribution in [0, 0.1) is 0 Å². The van der Waals surface area contributed by atoms with E-state index < -0.39 is 5.97 Å². The van der Waals surface area contributed by atoms with E-state index in [0.717, 1.165) is 15.7 Å². The monoisotopic (exact) mass is 303 g/mol. The number of hydrogen-bond donors (Lipinski definition) is 2. The van der Waals surface area contributed by atoms with Crippen LogP contribution >= 0.6 is 27.5 Å². The van der Waals surface area contributed by atoms with Gasteiger partial charge in [-0.25, -0.2) is 4.79 Å². The van der Waals surface area contributed by atoms with Gasteiger partial charge in [-0.05, 0) is 30.7 Å². The number of hydrogen-bond acceptors (Lipinski definition) is 2. The van der Waals surface area contributed by atoms with E-state index in [1.165, 1.54) is 6.08 Å². The Morgan fingerprint density at radius 3 is 2.88 bits per heavy atom. The van der Waals surface area contributed by atoms with Crippen molar-refractivity contribution in [3.63, 3.8) is 0 Å². The van der Waals surface area contributed by atoms with Gasteiger partial charge < -0.3 is 10.4 Å². The highest BCUT2D eigenvalue weighted by molar-refractivity contribution is 9.10. The molecule has 0 aliphatic carbocycles. The highest BCUT2D eigenvalue weighted by Gasteiger charge is 2.01. The Bertz CT molecular complexity index is 432. The number of aliphatic carboxylic acids is 1. The van der Waals surface area contributed by atoms with Crippen molar-refractivity contribution in [3.05, 3.63) is 39.3 Å². The van der Waals surface area contributed by atoms with Crippen LogP contribution in [0.3, 0.4) is 0 Å². The smallest absolute Gasteiger partial charge is 0.328 e. The third-order valence-corrected chi connectivity index (χ3v) is 2.66. The Morgan fingerprint density at radius 2 is 2.31 bits per heavy atom. The van der Waals surface area contributed by atoms with E-state index in [-0.39, 0.29) is 0 Å². The Labute approximate surface area is 107 Å². The fraction of sp³-hybridized carbons (Fsp3) is 0.182. The quantitative estimate of drug-likeness (QED) is 0.836. The van der Waals surface area contributed by atoms with Crippen molar-refractivity contribution >= 4 is 39.2 Å². The molecule has 0 fully saturated rings. The maximum Gasteiger partial charge on any atom is 0.328 e. The summed E-state index contributed by atoms with van der Waals surface area (Å²) < 4.78 is 0.904. The first kappa shape index (κ1) is 13.1. The number of carboxylic acids is 1. The van der Waals surface area contributed by atoms with E-state index in [4.69, 9.17) is 16.7 Å². The third-order valence-electron chi connectivity index (χ3n) is 1.86. The Morgan fingerprint density at radius 1 is 1.62 bits per heavy atom. The van der Waals surface area contributed by atoms with Gasteiger partial charge >= 0.3 is 5.97 Å². The maximum absolute atomic E-state index is 10.4. The summed E-state index contributed by atoms with van der Waals surface area (Å²) in [5, 5.41) is 12.2. The molecule has 0 aliphatic heterocycles. The van der Waals surface area contributed by atoms with Gasteiger partial charge in [-0.1, -0.05) is 27.5 Å². The lowest BCUT2D eigenvalue weighted by Gasteiger charge is -2.08. The van der Waals surface area contributed by atoms with Gasteiger partial charge in [0, 0.05) is 17.1 Å². The average molecular weight is 305 g/mol. The fourth-order valence-electron chi connectivity index (χ4n) is 1.13. The molecule has 0 saturated heterocycles. The number of benzene rings is 1.